The number of aromatic nitrogens is 1. The van der Waals surface area contributed by atoms with E-state index in [9.17, 15) is 32.8 Å². The van der Waals surface area contributed by atoms with Crippen molar-refractivity contribution >= 4 is 41.2 Å². The Morgan fingerprint density at radius 1 is 0.869 bits per heavy atom. The molecule has 1 spiro atoms. The lowest BCUT2D eigenvalue weighted by atomic mass is 9.71. The second kappa shape index (κ2) is 15.2. The Labute approximate surface area is 350 Å². The summed E-state index contributed by atoms with van der Waals surface area (Å²) in [6.07, 6.45) is 0.776. The number of pyridine rings is 1. The van der Waals surface area contributed by atoms with Gasteiger partial charge in [-0.3, -0.25) is 28.9 Å². The minimum Gasteiger partial charge on any atom is -0.445 e. The van der Waals surface area contributed by atoms with Gasteiger partial charge in [0, 0.05) is 74.7 Å². The number of ether oxygens (including phenoxy) is 2. The number of anilines is 2. The molecule has 4 aliphatic heterocycles. The fraction of sp³-hybridized carbons (Fsp3) is 0.378. The van der Waals surface area contributed by atoms with E-state index in [1.807, 2.05) is 41.0 Å². The maximum atomic E-state index is 13.7. The first-order chi connectivity index (χ1) is 29.2. The third-order valence-corrected chi connectivity index (χ3v) is 12.6. The first kappa shape index (κ1) is 39.9. The maximum absolute atomic E-state index is 13.7. The van der Waals surface area contributed by atoms with Gasteiger partial charge in [-0.1, -0.05) is 30.8 Å². The van der Waals surface area contributed by atoms with Crippen LogP contribution in [-0.4, -0.2) is 101 Å². The summed E-state index contributed by atoms with van der Waals surface area (Å²) in [6, 6.07) is 18.7. The number of nitrogens with zero attached hydrogens (tertiary/aromatic N) is 5. The molecule has 9 rings (SSSR count). The van der Waals surface area contributed by atoms with Gasteiger partial charge in [0.2, 0.25) is 29.5 Å². The summed E-state index contributed by atoms with van der Waals surface area (Å²) in [6.45, 7) is 8.46. The largest absolute Gasteiger partial charge is 0.586 e. The van der Waals surface area contributed by atoms with Crippen LogP contribution in [-0.2, 0) is 31.0 Å². The number of piperazine rings is 1. The Morgan fingerprint density at radius 2 is 1.64 bits per heavy atom. The van der Waals surface area contributed by atoms with E-state index in [1.54, 1.807) is 30.3 Å². The van der Waals surface area contributed by atoms with Crippen LogP contribution in [0.5, 0.6) is 11.5 Å². The zero-order chi connectivity index (χ0) is 42.7. The fourth-order valence-electron chi connectivity index (χ4n) is 8.84. The highest BCUT2D eigenvalue weighted by atomic mass is 19.3. The molecule has 4 aromatic rings. The molecule has 0 bridgehead atoms. The summed E-state index contributed by atoms with van der Waals surface area (Å²) >= 11 is 0. The molecule has 61 heavy (non-hydrogen) atoms. The Morgan fingerprint density at radius 3 is 2.38 bits per heavy atom. The molecule has 2 aromatic carbocycles. The molecular weight excluding hydrogens is 791 g/mol. The molecule has 1 saturated carbocycles. The van der Waals surface area contributed by atoms with Crippen molar-refractivity contribution in [1.82, 2.24) is 19.7 Å². The molecule has 316 valence electrons. The molecule has 16 heteroatoms. The van der Waals surface area contributed by atoms with E-state index >= 15 is 0 Å². The SMILES string of the molecule is C=CC(=O)N1CCN(c2ccc(CCC(=O)N3CCC4(CC3)CN(C(=O)c3cccc(-c5nc(NC(=O)C6(c7ccc8c(c7)OC(F)(F)O8)CC6)ccc5C)c3)C4)o2)C(=O)C1. The highest BCUT2D eigenvalue weighted by Crippen LogP contribution is 2.52. The number of carbonyl (C=O) groups excluding carboxylic acids is 5. The minimum atomic E-state index is -3.75. The number of alkyl halides is 2. The molecule has 5 aliphatic rings. The predicted molar refractivity (Wildman–Crippen MR) is 217 cm³/mol. The molecule has 1 N–H and O–H groups in total. The van der Waals surface area contributed by atoms with Gasteiger partial charge in [0.1, 0.15) is 18.1 Å². The number of likely N-dealkylation sites (tertiary alicyclic amines) is 2. The first-order valence-corrected chi connectivity index (χ1v) is 20.4. The Kier molecular flexibility index (Phi) is 9.90. The third-order valence-electron chi connectivity index (χ3n) is 12.6. The second-order valence-corrected chi connectivity index (χ2v) is 16.6. The van der Waals surface area contributed by atoms with Gasteiger partial charge in [-0.25, -0.2) is 4.98 Å². The molecule has 0 unspecified atom stereocenters. The lowest BCUT2D eigenvalue weighted by Crippen LogP contribution is -2.62. The Balaban J connectivity index is 0.762. The molecule has 5 amide bonds. The van der Waals surface area contributed by atoms with E-state index in [2.05, 4.69) is 21.4 Å². The monoisotopic (exact) mass is 834 g/mol. The zero-order valence-electron chi connectivity index (χ0n) is 33.6. The van der Waals surface area contributed by atoms with Gasteiger partial charge in [-0.15, -0.1) is 8.78 Å². The van der Waals surface area contributed by atoms with Crippen molar-refractivity contribution in [3.8, 4) is 22.8 Å². The van der Waals surface area contributed by atoms with Crippen molar-refractivity contribution in [2.24, 2.45) is 5.41 Å². The van der Waals surface area contributed by atoms with Gasteiger partial charge in [0.05, 0.1) is 11.1 Å². The van der Waals surface area contributed by atoms with Crippen LogP contribution in [0.3, 0.4) is 0 Å². The standard InChI is InChI=1S/C45H44F2N6O8/c1-3-36(54)51-21-22-53(38(56)25-51)39-14-10-32(59-39)9-13-37(55)50-19-17-43(18-20-50)26-52(27-43)41(57)30-6-4-5-29(23-30)40-28(2)7-12-35(48-40)49-42(58)44(15-16-44)31-8-11-33-34(24-31)61-45(46,47)60-33/h3-8,10-12,14,23-24H,1,9,13,15-22,25-27H2,2H3,(H,48,49,58). The number of carbonyl (C=O) groups is 5. The quantitative estimate of drug-likeness (QED) is 0.198. The number of hydrogen-bond acceptors (Lipinski definition) is 9. The number of halogens is 2. The number of hydrogen-bond donors (Lipinski definition) is 1. The molecule has 2 aromatic heterocycles. The number of amides is 5. The summed E-state index contributed by atoms with van der Waals surface area (Å²) in [5, 5.41) is 2.92. The summed E-state index contributed by atoms with van der Waals surface area (Å²) in [7, 11) is 0. The number of aryl methyl sites for hydroxylation is 2. The fourth-order valence-corrected chi connectivity index (χ4v) is 8.84. The number of benzene rings is 2. The van der Waals surface area contributed by atoms with E-state index in [0.29, 0.717) is 92.8 Å². The van der Waals surface area contributed by atoms with Crippen molar-refractivity contribution in [3.63, 3.8) is 0 Å². The normalized spacial score (nSPS) is 19.4. The number of fused-ring (bicyclic) bond motifs is 1. The lowest BCUT2D eigenvalue weighted by molar-refractivity contribution is -0.286. The van der Waals surface area contributed by atoms with Crippen LogP contribution in [0, 0.1) is 12.3 Å². The number of furan rings is 1. The zero-order valence-corrected chi connectivity index (χ0v) is 33.6. The van der Waals surface area contributed by atoms with Crippen LogP contribution in [0.4, 0.5) is 20.5 Å². The van der Waals surface area contributed by atoms with Crippen molar-refractivity contribution in [1.29, 1.82) is 0 Å². The molecule has 4 fully saturated rings. The van der Waals surface area contributed by atoms with Crippen molar-refractivity contribution in [3.05, 3.63) is 102 Å². The van der Waals surface area contributed by atoms with Gasteiger partial charge in [-0.2, -0.15) is 0 Å². The third kappa shape index (κ3) is 7.70. The van der Waals surface area contributed by atoms with Crippen LogP contribution >= 0.6 is 0 Å². The van der Waals surface area contributed by atoms with Crippen molar-refractivity contribution in [2.45, 2.75) is 57.2 Å². The summed E-state index contributed by atoms with van der Waals surface area (Å²) in [5.41, 5.74) is 2.32. The Bertz CT molecular complexity index is 2470. The summed E-state index contributed by atoms with van der Waals surface area (Å²) in [5.74, 6) is 0.258. The highest BCUT2D eigenvalue weighted by molar-refractivity contribution is 6.01. The number of rotatable bonds is 10. The van der Waals surface area contributed by atoms with E-state index in [1.165, 1.54) is 28.0 Å². The maximum Gasteiger partial charge on any atom is 0.586 e. The first-order valence-electron chi connectivity index (χ1n) is 20.4. The van der Waals surface area contributed by atoms with Crippen molar-refractivity contribution in [2.75, 3.05) is 56.0 Å². The van der Waals surface area contributed by atoms with Gasteiger partial charge in [-0.05, 0) is 86.2 Å². The molecule has 14 nitrogen and oxygen atoms in total. The molecule has 1 aliphatic carbocycles. The summed E-state index contributed by atoms with van der Waals surface area (Å²) < 4.78 is 42.3. The average molecular weight is 835 g/mol. The molecule has 0 atom stereocenters. The van der Waals surface area contributed by atoms with E-state index in [0.717, 1.165) is 24.0 Å². The van der Waals surface area contributed by atoms with E-state index < -0.39 is 11.7 Å². The van der Waals surface area contributed by atoms with Crippen LogP contribution < -0.4 is 19.7 Å². The van der Waals surface area contributed by atoms with Crippen molar-refractivity contribution < 1.29 is 46.6 Å². The average Bonchev–Trinajstić information content (AvgIpc) is 3.82. The van der Waals surface area contributed by atoms with E-state index in [4.69, 9.17) is 9.40 Å². The second-order valence-electron chi connectivity index (χ2n) is 16.6. The van der Waals surface area contributed by atoms with Crippen LogP contribution in [0.15, 0.2) is 83.8 Å². The van der Waals surface area contributed by atoms with Crippen LogP contribution in [0.25, 0.3) is 11.3 Å². The van der Waals surface area contributed by atoms with Gasteiger partial charge >= 0.3 is 6.29 Å². The van der Waals surface area contributed by atoms with Crippen LogP contribution in [0.2, 0.25) is 0 Å². The molecule has 6 heterocycles. The van der Waals surface area contributed by atoms with Gasteiger partial charge in [0.25, 0.3) is 5.91 Å². The smallest absolute Gasteiger partial charge is 0.445 e. The predicted octanol–water partition coefficient (Wildman–Crippen LogP) is 5.70. The molecular formula is C45H44F2N6O8. The summed E-state index contributed by atoms with van der Waals surface area (Å²) in [4.78, 5) is 76.5. The van der Waals surface area contributed by atoms with Gasteiger partial charge in [0.15, 0.2) is 11.5 Å². The van der Waals surface area contributed by atoms with Gasteiger partial charge < -0.3 is 33.9 Å². The minimum absolute atomic E-state index is 0.0310. The highest BCUT2D eigenvalue weighted by Gasteiger charge is 2.53. The molecule has 0 radical (unpaired) electrons. The topological polar surface area (TPSA) is 155 Å². The van der Waals surface area contributed by atoms with Crippen LogP contribution in [0.1, 0.15) is 59.3 Å². The lowest BCUT2D eigenvalue weighted by Gasteiger charge is -2.54. The van der Waals surface area contributed by atoms with E-state index in [-0.39, 0.29) is 59.4 Å². The molecule has 3 saturated heterocycles. The Hall–Kier alpha value is -6.58. The number of piperidine rings is 1. The number of nitrogens with one attached hydrogen (secondary N) is 1.